The van der Waals surface area contributed by atoms with Crippen molar-refractivity contribution < 1.29 is 0 Å². The minimum Gasteiger partial charge on any atom is -0.314 e. The lowest BCUT2D eigenvalue weighted by atomic mass is 10.2. The van der Waals surface area contributed by atoms with Gasteiger partial charge in [-0.3, -0.25) is 4.79 Å². The third-order valence-corrected chi connectivity index (χ3v) is 2.09. The molecule has 3 heteroatoms. The van der Waals surface area contributed by atoms with Crippen molar-refractivity contribution in [2.75, 3.05) is 0 Å². The van der Waals surface area contributed by atoms with E-state index in [0.29, 0.717) is 5.39 Å². The number of nitrogens with one attached hydrogen (secondary N) is 1. The van der Waals surface area contributed by atoms with Gasteiger partial charge in [0.1, 0.15) is 0 Å². The van der Waals surface area contributed by atoms with E-state index in [2.05, 4.69) is 33.2 Å². The predicted molar refractivity (Wildman–Crippen MR) is 49.9 cm³/mol. The van der Waals surface area contributed by atoms with E-state index in [4.69, 9.17) is 0 Å². The standard InChI is InChI=1S/C9H4BrNO/c10-6-1-2-8-7(5-6)9(12)3-4-11-8/h1-2,5,11H. The average Bonchev–Trinajstić information content (AvgIpc) is 2.07. The number of fused-ring (bicyclic) bond motifs is 1. The number of aromatic amines is 1. The zero-order chi connectivity index (χ0) is 8.55. The first-order chi connectivity index (χ1) is 5.77. The highest BCUT2D eigenvalue weighted by Crippen LogP contribution is 2.13. The van der Waals surface area contributed by atoms with Crippen LogP contribution in [0, 0.1) is 12.3 Å². The molecule has 0 unspecified atom stereocenters. The summed E-state index contributed by atoms with van der Waals surface area (Å²) < 4.78 is 0.889. The van der Waals surface area contributed by atoms with Crippen LogP contribution in [0.15, 0.2) is 27.5 Å². The van der Waals surface area contributed by atoms with Gasteiger partial charge in [-0.25, -0.2) is 0 Å². The second-order valence-electron chi connectivity index (χ2n) is 2.39. The fourth-order valence-electron chi connectivity index (χ4n) is 1.04. The Morgan fingerprint density at radius 1 is 1.42 bits per heavy atom. The molecule has 2 rings (SSSR count). The summed E-state index contributed by atoms with van der Waals surface area (Å²) in [6.07, 6.45) is 2.55. The maximum Gasteiger partial charge on any atom is 0.239 e. The van der Waals surface area contributed by atoms with Crippen LogP contribution in [-0.4, -0.2) is 4.98 Å². The summed E-state index contributed by atoms with van der Waals surface area (Å²) in [4.78, 5) is 14.0. The van der Waals surface area contributed by atoms with Crippen molar-refractivity contribution in [2.45, 2.75) is 0 Å². The van der Waals surface area contributed by atoms with Crippen LogP contribution in [0.25, 0.3) is 10.9 Å². The highest BCUT2D eigenvalue weighted by Gasteiger charge is 1.96. The van der Waals surface area contributed by atoms with Gasteiger partial charge in [0.25, 0.3) is 0 Å². The Balaban J connectivity index is 2.98. The summed E-state index contributed by atoms with van der Waals surface area (Å²) >= 11 is 3.29. The number of halogens is 1. The molecule has 2 nitrogen and oxygen atoms in total. The predicted octanol–water partition coefficient (Wildman–Crippen LogP) is 1.89. The van der Waals surface area contributed by atoms with E-state index in [9.17, 15) is 4.79 Å². The summed E-state index contributed by atoms with van der Waals surface area (Å²) in [6.45, 7) is 0. The molecule has 0 spiro atoms. The second-order valence-corrected chi connectivity index (χ2v) is 3.31. The van der Waals surface area contributed by atoms with Crippen molar-refractivity contribution in [3.05, 3.63) is 45.2 Å². The van der Waals surface area contributed by atoms with Gasteiger partial charge >= 0.3 is 0 Å². The molecule has 0 saturated carbocycles. The van der Waals surface area contributed by atoms with E-state index in [0.717, 1.165) is 9.99 Å². The molecule has 0 atom stereocenters. The summed E-state index contributed by atoms with van der Waals surface area (Å²) in [6, 6.07) is 7.90. The van der Waals surface area contributed by atoms with Crippen LogP contribution in [-0.2, 0) is 0 Å². The van der Waals surface area contributed by atoms with Crippen LogP contribution in [0.1, 0.15) is 0 Å². The van der Waals surface area contributed by atoms with Crippen molar-refractivity contribution >= 4 is 26.8 Å². The van der Waals surface area contributed by atoms with Crippen molar-refractivity contribution in [1.29, 1.82) is 0 Å². The van der Waals surface area contributed by atoms with Crippen LogP contribution in [0.3, 0.4) is 0 Å². The molecule has 0 radical (unpaired) electrons. The van der Waals surface area contributed by atoms with Gasteiger partial charge in [0, 0.05) is 16.7 Å². The Bertz CT molecular complexity index is 475. The number of benzene rings is 1. The van der Waals surface area contributed by atoms with Crippen molar-refractivity contribution in [2.24, 2.45) is 0 Å². The molecule has 0 aliphatic rings. The summed E-state index contributed by atoms with van der Waals surface area (Å²) in [5, 5.41) is 0.628. The van der Waals surface area contributed by atoms with Crippen molar-refractivity contribution in [3.8, 4) is 0 Å². The lowest BCUT2D eigenvalue weighted by Crippen LogP contribution is -1.97. The molecule has 1 heterocycles. The highest BCUT2D eigenvalue weighted by atomic mass is 79.9. The van der Waals surface area contributed by atoms with Gasteiger partial charge in [-0.2, -0.15) is 0 Å². The quantitative estimate of drug-likeness (QED) is 0.725. The molecule has 1 N–H and O–H groups in total. The van der Waals surface area contributed by atoms with Gasteiger partial charge in [-0.15, -0.1) is 0 Å². The Morgan fingerprint density at radius 2 is 2.25 bits per heavy atom. The molecule has 58 valence electrons. The van der Waals surface area contributed by atoms with Gasteiger partial charge in [-0.05, 0) is 18.2 Å². The molecule has 0 saturated heterocycles. The molecule has 0 bridgehead atoms. The van der Waals surface area contributed by atoms with E-state index >= 15 is 0 Å². The zero-order valence-electron chi connectivity index (χ0n) is 6.02. The number of H-pyrrole nitrogens is 1. The molecule has 2 aromatic rings. The first-order valence-electron chi connectivity index (χ1n) is 3.38. The van der Waals surface area contributed by atoms with Crippen LogP contribution in [0.5, 0.6) is 0 Å². The van der Waals surface area contributed by atoms with Gasteiger partial charge < -0.3 is 4.98 Å². The highest BCUT2D eigenvalue weighted by molar-refractivity contribution is 9.10. The number of rotatable bonds is 0. The average molecular weight is 222 g/mol. The molecule has 0 aliphatic heterocycles. The molecule has 0 fully saturated rings. The lowest BCUT2D eigenvalue weighted by molar-refractivity contribution is 1.41. The summed E-state index contributed by atoms with van der Waals surface area (Å²) in [5.74, 6) is 0. The Morgan fingerprint density at radius 3 is 3.08 bits per heavy atom. The molecule has 1 aromatic heterocycles. The first kappa shape index (κ1) is 7.38. The molecule has 0 aliphatic carbocycles. The topological polar surface area (TPSA) is 32.9 Å². The van der Waals surface area contributed by atoms with Crippen LogP contribution >= 0.6 is 15.9 Å². The largest absolute Gasteiger partial charge is 0.314 e. The maximum atomic E-state index is 11.2. The van der Waals surface area contributed by atoms with Gasteiger partial charge in [-0.1, -0.05) is 15.9 Å². The monoisotopic (exact) mass is 221 g/mol. The second kappa shape index (κ2) is 2.65. The molecule has 12 heavy (non-hydrogen) atoms. The minimum absolute atomic E-state index is 0.134. The van der Waals surface area contributed by atoms with Crippen molar-refractivity contribution in [1.82, 2.24) is 4.98 Å². The lowest BCUT2D eigenvalue weighted by Gasteiger charge is -1.93. The number of hydrogen-bond donors (Lipinski definition) is 1. The minimum atomic E-state index is -0.134. The molecule has 0 amide bonds. The fourth-order valence-corrected chi connectivity index (χ4v) is 1.40. The van der Waals surface area contributed by atoms with Gasteiger partial charge in [0.05, 0.1) is 10.9 Å². The van der Waals surface area contributed by atoms with E-state index in [1.807, 2.05) is 12.1 Å². The zero-order valence-corrected chi connectivity index (χ0v) is 7.60. The first-order valence-corrected chi connectivity index (χ1v) is 4.17. The van der Waals surface area contributed by atoms with E-state index in [-0.39, 0.29) is 5.43 Å². The Labute approximate surface area is 77.4 Å². The third kappa shape index (κ3) is 1.10. The smallest absolute Gasteiger partial charge is 0.239 e. The normalized spacial score (nSPS) is 9.75. The Kier molecular flexibility index (Phi) is 1.63. The number of aromatic nitrogens is 1. The fraction of sp³-hybridized carbons (Fsp3) is 0. The van der Waals surface area contributed by atoms with E-state index in [1.54, 1.807) is 6.07 Å². The number of hydrogen-bond acceptors (Lipinski definition) is 1. The molecular formula is C9H4BrNO. The van der Waals surface area contributed by atoms with Crippen LogP contribution in [0.4, 0.5) is 0 Å². The summed E-state index contributed by atoms with van der Waals surface area (Å²) in [7, 11) is 0. The van der Waals surface area contributed by atoms with E-state index in [1.165, 1.54) is 0 Å². The van der Waals surface area contributed by atoms with Crippen LogP contribution in [0.2, 0.25) is 0 Å². The SMILES string of the molecule is O=c1c#c[nH]c2ccc(Br)cc12. The Hall–Kier alpha value is -1.27. The molecule has 1 aromatic carbocycles. The maximum absolute atomic E-state index is 11.2. The summed E-state index contributed by atoms with van der Waals surface area (Å²) in [5.41, 5.74) is 0.645. The molecular weight excluding hydrogens is 218 g/mol. The van der Waals surface area contributed by atoms with E-state index < -0.39 is 0 Å². The third-order valence-electron chi connectivity index (χ3n) is 1.60. The van der Waals surface area contributed by atoms with Gasteiger partial charge in [0.15, 0.2) is 0 Å². The van der Waals surface area contributed by atoms with Crippen LogP contribution < -0.4 is 5.43 Å². The van der Waals surface area contributed by atoms with Gasteiger partial charge in [0.2, 0.25) is 5.43 Å². The van der Waals surface area contributed by atoms with Crippen molar-refractivity contribution in [3.63, 3.8) is 0 Å².